The quantitative estimate of drug-likeness (QED) is 0.127. The Balaban J connectivity index is 0.00000456. The minimum atomic E-state index is -0.0246. The van der Waals surface area contributed by atoms with Crippen molar-refractivity contribution in [3.05, 3.63) is 212 Å². The molecule has 0 amide bonds. The van der Waals surface area contributed by atoms with Gasteiger partial charge in [0.2, 0.25) is 0 Å². The van der Waals surface area contributed by atoms with Crippen molar-refractivity contribution in [2.45, 2.75) is 26.2 Å². The molecule has 0 saturated heterocycles. The monoisotopic (exact) mass is 1000 g/mol. The maximum absolute atomic E-state index is 6.61. The summed E-state index contributed by atoms with van der Waals surface area (Å²) in [5.41, 5.74) is 16.7. The van der Waals surface area contributed by atoms with Crippen LogP contribution < -0.4 is 9.30 Å². The summed E-state index contributed by atoms with van der Waals surface area (Å²) in [7, 11) is 0. The molecule has 0 saturated carbocycles. The standard InChI is InChI=1S/C58H40N4O.Pt/c1-58(2,3)38-31-32-59-57(33-38)62-53-24-11-10-23-50(53)51-30-28-42(36-56(51)62)63-41-16-14-15-39(34-41)60-37-61(55-26-13-12-25-54(55)60)40-27-29-49-47-21-7-6-19-45(47)43-17-4-5-18-44(43)46-20-8-9-22-48(46)52(49)35-40;/h4-33,35H,1-3H3;/q-2;. The van der Waals surface area contributed by atoms with Crippen LogP contribution in [0.3, 0.4) is 0 Å². The fourth-order valence-electron chi connectivity index (χ4n) is 9.34. The van der Waals surface area contributed by atoms with Gasteiger partial charge < -0.3 is 13.9 Å². The summed E-state index contributed by atoms with van der Waals surface area (Å²) in [6.45, 7) is 6.67. The van der Waals surface area contributed by atoms with Gasteiger partial charge in [-0.3, -0.25) is 4.57 Å². The fraction of sp³-hybridized carbons (Fsp3) is 0.0690. The zero-order chi connectivity index (χ0) is 42.2. The van der Waals surface area contributed by atoms with Crippen LogP contribution in [-0.2, 0) is 26.5 Å². The van der Waals surface area contributed by atoms with E-state index in [0.717, 1.165) is 50.0 Å². The van der Waals surface area contributed by atoms with Gasteiger partial charge in [0.15, 0.2) is 0 Å². The van der Waals surface area contributed by atoms with Gasteiger partial charge in [-0.15, -0.1) is 29.7 Å². The van der Waals surface area contributed by atoms with Crippen LogP contribution >= 0.6 is 0 Å². The summed E-state index contributed by atoms with van der Waals surface area (Å²) in [5.74, 6) is 2.02. The van der Waals surface area contributed by atoms with Crippen molar-refractivity contribution in [2.75, 3.05) is 0 Å². The van der Waals surface area contributed by atoms with Crippen LogP contribution in [0.2, 0.25) is 0 Å². The van der Waals surface area contributed by atoms with Crippen molar-refractivity contribution in [3.63, 3.8) is 0 Å². The molecule has 6 heteroatoms. The summed E-state index contributed by atoms with van der Waals surface area (Å²) in [6.07, 6.45) is 5.61. The molecule has 64 heavy (non-hydrogen) atoms. The molecule has 1 aliphatic carbocycles. The Kier molecular flexibility index (Phi) is 9.56. The van der Waals surface area contributed by atoms with Crippen molar-refractivity contribution >= 4 is 32.8 Å². The number of rotatable bonds is 5. The maximum Gasteiger partial charge on any atom is 0.268 e. The van der Waals surface area contributed by atoms with E-state index in [9.17, 15) is 0 Å². The molecule has 12 rings (SSSR count). The Morgan fingerprint density at radius 1 is 0.516 bits per heavy atom. The molecule has 0 atom stereocenters. The van der Waals surface area contributed by atoms with Crippen LogP contribution in [0.25, 0.3) is 94.5 Å². The van der Waals surface area contributed by atoms with Gasteiger partial charge in [0.25, 0.3) is 6.33 Å². The van der Waals surface area contributed by atoms with E-state index in [1.165, 1.54) is 50.1 Å². The predicted molar refractivity (Wildman–Crippen MR) is 254 cm³/mol. The fourth-order valence-corrected chi connectivity index (χ4v) is 9.34. The van der Waals surface area contributed by atoms with Crippen LogP contribution in [-0.4, -0.2) is 14.1 Å². The van der Waals surface area contributed by atoms with Gasteiger partial charge in [-0.25, -0.2) is 4.98 Å². The first kappa shape index (κ1) is 39.5. The first-order chi connectivity index (χ1) is 30.9. The van der Waals surface area contributed by atoms with Crippen molar-refractivity contribution in [3.8, 4) is 73.2 Å². The molecule has 0 aliphatic heterocycles. The van der Waals surface area contributed by atoms with Crippen LogP contribution in [0.15, 0.2) is 188 Å². The largest absolute Gasteiger partial charge is 0.510 e. The van der Waals surface area contributed by atoms with Gasteiger partial charge in [-0.05, 0) is 96.9 Å². The van der Waals surface area contributed by atoms with Crippen molar-refractivity contribution < 1.29 is 30.4 Å². The SMILES string of the molecule is CC(C)(C)c1ccnc(-n2c3[c-]c(Oc4[c-]c(-n5[c-][n+](-c6ccc7c(c6)-c6ccccc6-c6ccccc6-c6ccccc6-7)c6ccccc65)ccc4)ccc3c3ccccc32)c1.[Pt]. The number of ether oxygens (including phenoxy) is 1. The van der Waals surface area contributed by atoms with Crippen LogP contribution in [0.1, 0.15) is 26.3 Å². The Morgan fingerprint density at radius 3 is 1.80 bits per heavy atom. The average Bonchev–Trinajstić information content (AvgIpc) is 3.87. The second kappa shape index (κ2) is 15.5. The van der Waals surface area contributed by atoms with Gasteiger partial charge in [0, 0.05) is 44.3 Å². The maximum atomic E-state index is 6.61. The minimum Gasteiger partial charge on any atom is -0.510 e. The third-order valence-electron chi connectivity index (χ3n) is 12.4. The molecule has 3 aromatic heterocycles. The molecular formula is C58H40N4OPt-2. The van der Waals surface area contributed by atoms with E-state index in [0.29, 0.717) is 11.5 Å². The molecule has 0 fully saturated rings. The molecule has 0 unspecified atom stereocenters. The van der Waals surface area contributed by atoms with Crippen LogP contribution in [0.4, 0.5) is 0 Å². The summed E-state index contributed by atoms with van der Waals surface area (Å²) >= 11 is 0. The van der Waals surface area contributed by atoms with Crippen molar-refractivity contribution in [1.29, 1.82) is 0 Å². The molecule has 0 radical (unpaired) electrons. The van der Waals surface area contributed by atoms with E-state index in [2.05, 4.69) is 211 Å². The summed E-state index contributed by atoms with van der Waals surface area (Å²) < 4.78 is 13.0. The molecule has 8 aromatic carbocycles. The number of pyridine rings is 1. The van der Waals surface area contributed by atoms with Crippen molar-refractivity contribution in [1.82, 2.24) is 14.1 Å². The second-order valence-electron chi connectivity index (χ2n) is 17.2. The minimum absolute atomic E-state index is 0. The summed E-state index contributed by atoms with van der Waals surface area (Å²) in [5, 5.41) is 2.22. The van der Waals surface area contributed by atoms with Gasteiger partial charge >= 0.3 is 0 Å². The van der Waals surface area contributed by atoms with E-state index in [4.69, 9.17) is 9.72 Å². The smallest absolute Gasteiger partial charge is 0.268 e. The number of hydrogen-bond acceptors (Lipinski definition) is 2. The zero-order valence-corrected chi connectivity index (χ0v) is 37.7. The number of para-hydroxylation sites is 3. The van der Waals surface area contributed by atoms with E-state index in [1.807, 2.05) is 30.5 Å². The number of imidazole rings is 1. The Bertz CT molecular complexity index is 3600. The third-order valence-corrected chi connectivity index (χ3v) is 12.4. The van der Waals surface area contributed by atoms with E-state index < -0.39 is 0 Å². The summed E-state index contributed by atoms with van der Waals surface area (Å²) in [6, 6.07) is 71.5. The third kappa shape index (κ3) is 6.50. The number of aromatic nitrogens is 4. The summed E-state index contributed by atoms with van der Waals surface area (Å²) in [4.78, 5) is 4.85. The van der Waals surface area contributed by atoms with E-state index in [1.54, 1.807) is 0 Å². The number of benzene rings is 8. The van der Waals surface area contributed by atoms with Crippen LogP contribution in [0, 0.1) is 18.5 Å². The molecule has 11 aromatic rings. The van der Waals surface area contributed by atoms with E-state index in [-0.39, 0.29) is 26.5 Å². The second-order valence-corrected chi connectivity index (χ2v) is 17.2. The van der Waals surface area contributed by atoms with Crippen molar-refractivity contribution in [2.24, 2.45) is 0 Å². The molecular weight excluding hydrogens is 964 g/mol. The average molecular weight is 1000 g/mol. The Morgan fingerprint density at radius 2 is 1.11 bits per heavy atom. The van der Waals surface area contributed by atoms with Crippen LogP contribution in [0.5, 0.6) is 11.5 Å². The number of nitrogens with zero attached hydrogens (tertiary/aromatic N) is 4. The zero-order valence-electron chi connectivity index (χ0n) is 35.4. The van der Waals surface area contributed by atoms with Gasteiger partial charge in [-0.2, -0.15) is 18.2 Å². The Hall–Kier alpha value is -7.33. The first-order valence-electron chi connectivity index (χ1n) is 21.4. The molecule has 5 nitrogen and oxygen atoms in total. The molecule has 0 bridgehead atoms. The normalized spacial score (nSPS) is 11.9. The molecule has 310 valence electrons. The van der Waals surface area contributed by atoms with E-state index >= 15 is 0 Å². The molecule has 0 spiro atoms. The van der Waals surface area contributed by atoms with Gasteiger partial charge in [-0.1, -0.05) is 148 Å². The van der Waals surface area contributed by atoms with Gasteiger partial charge in [0.1, 0.15) is 5.82 Å². The number of hydrogen-bond donors (Lipinski definition) is 0. The Labute approximate surface area is 386 Å². The first-order valence-corrected chi connectivity index (χ1v) is 21.4. The predicted octanol–water partition coefficient (Wildman–Crippen LogP) is 13.9. The molecule has 0 N–H and O–H groups in total. The topological polar surface area (TPSA) is 35.9 Å². The number of fused-ring (bicyclic) bond motifs is 12. The molecule has 3 heterocycles. The van der Waals surface area contributed by atoms with Gasteiger partial charge in [0.05, 0.1) is 16.7 Å². The molecule has 1 aliphatic rings.